The average molecular weight is 434 g/mol. The Morgan fingerprint density at radius 3 is 2.55 bits per heavy atom. The van der Waals surface area contributed by atoms with Crippen molar-refractivity contribution in [1.29, 1.82) is 0 Å². The lowest BCUT2D eigenvalue weighted by molar-refractivity contribution is 0.459. The fraction of sp³-hybridized carbons (Fsp3) is 0.280. The standard InChI is InChI=1S/C25H27N3O2S/c1-17-10-9-15-26-21(17)16-22(28-31(29)25(2,3)4)18-11-5-6-12-19(18)24-20-13-7-8-14-23(20)30-27-24/h5-15,22,28H,16H2,1-4H3/t22?,31-/m0/s1. The van der Waals surface area contributed by atoms with Crippen LogP contribution >= 0.6 is 0 Å². The van der Waals surface area contributed by atoms with Crippen molar-refractivity contribution in [1.82, 2.24) is 14.9 Å². The number of hydrogen-bond acceptors (Lipinski definition) is 5. The van der Waals surface area contributed by atoms with Gasteiger partial charge in [-0.15, -0.1) is 4.72 Å². The van der Waals surface area contributed by atoms with Crippen molar-refractivity contribution in [2.75, 3.05) is 0 Å². The smallest absolute Gasteiger partial charge is 0.167 e. The highest BCUT2D eigenvalue weighted by atomic mass is 32.2. The van der Waals surface area contributed by atoms with Gasteiger partial charge in [0.05, 0.1) is 6.04 Å². The summed E-state index contributed by atoms with van der Waals surface area (Å²) in [5.74, 6) is 0. The van der Waals surface area contributed by atoms with Crippen molar-refractivity contribution < 1.29 is 9.08 Å². The first-order valence-electron chi connectivity index (χ1n) is 10.4. The first kappa shape index (κ1) is 21.6. The van der Waals surface area contributed by atoms with E-state index < -0.39 is 16.1 Å². The van der Waals surface area contributed by atoms with Gasteiger partial charge in [-0.3, -0.25) is 4.98 Å². The van der Waals surface area contributed by atoms with Crippen LogP contribution < -0.4 is 4.72 Å². The number of nitrogens with one attached hydrogen (secondary N) is 1. The number of aryl methyl sites for hydroxylation is 1. The molecular formula is C25H27N3O2S. The second-order valence-electron chi connectivity index (χ2n) is 8.64. The third-order valence-corrected chi connectivity index (χ3v) is 6.90. The van der Waals surface area contributed by atoms with Crippen LogP contribution in [0, 0.1) is 6.92 Å². The largest absolute Gasteiger partial charge is 0.598 e. The Balaban J connectivity index is 1.81. The van der Waals surface area contributed by atoms with E-state index in [2.05, 4.69) is 33.9 Å². The second-order valence-corrected chi connectivity index (χ2v) is 10.6. The van der Waals surface area contributed by atoms with Gasteiger partial charge >= 0.3 is 0 Å². The van der Waals surface area contributed by atoms with E-state index in [9.17, 15) is 4.55 Å². The summed E-state index contributed by atoms with van der Waals surface area (Å²) in [7, 11) is 0. The van der Waals surface area contributed by atoms with Gasteiger partial charge in [0.1, 0.15) is 10.4 Å². The maximum absolute atomic E-state index is 13.1. The molecule has 0 aliphatic rings. The molecule has 0 saturated heterocycles. The topological polar surface area (TPSA) is 74.0 Å². The Morgan fingerprint density at radius 2 is 1.77 bits per heavy atom. The highest BCUT2D eigenvalue weighted by molar-refractivity contribution is 7.90. The monoisotopic (exact) mass is 433 g/mol. The molecule has 2 heterocycles. The lowest BCUT2D eigenvalue weighted by atomic mass is 9.93. The summed E-state index contributed by atoms with van der Waals surface area (Å²) in [6, 6.07) is 19.7. The first-order chi connectivity index (χ1) is 14.8. The van der Waals surface area contributed by atoms with Crippen LogP contribution in [0.5, 0.6) is 0 Å². The van der Waals surface area contributed by atoms with Gasteiger partial charge in [-0.1, -0.05) is 47.6 Å². The summed E-state index contributed by atoms with van der Waals surface area (Å²) < 4.78 is 21.6. The zero-order valence-corrected chi connectivity index (χ0v) is 19.1. The molecule has 2 aromatic heterocycles. The lowest BCUT2D eigenvalue weighted by Crippen LogP contribution is -2.42. The number of rotatable bonds is 6. The van der Waals surface area contributed by atoms with E-state index >= 15 is 0 Å². The van der Waals surface area contributed by atoms with Gasteiger partial charge in [0.15, 0.2) is 5.58 Å². The van der Waals surface area contributed by atoms with Crippen LogP contribution in [-0.2, 0) is 17.8 Å². The summed E-state index contributed by atoms with van der Waals surface area (Å²) in [6.45, 7) is 7.96. The summed E-state index contributed by atoms with van der Waals surface area (Å²) in [5.41, 5.74) is 5.60. The Kier molecular flexibility index (Phi) is 6.14. The lowest BCUT2D eigenvalue weighted by Gasteiger charge is -2.29. The van der Waals surface area contributed by atoms with Crippen LogP contribution in [0.4, 0.5) is 0 Å². The van der Waals surface area contributed by atoms with Gasteiger partial charge in [-0.25, -0.2) is 0 Å². The van der Waals surface area contributed by atoms with Crippen molar-refractivity contribution in [3.05, 3.63) is 83.7 Å². The zero-order valence-electron chi connectivity index (χ0n) is 18.3. The molecule has 160 valence electrons. The fourth-order valence-corrected chi connectivity index (χ4v) is 4.37. The Bertz CT molecular complexity index is 1180. The summed E-state index contributed by atoms with van der Waals surface area (Å²) >= 11 is -1.25. The quantitative estimate of drug-likeness (QED) is 0.405. The van der Waals surface area contributed by atoms with E-state index in [0.717, 1.165) is 39.0 Å². The molecule has 0 radical (unpaired) electrons. The number of hydrogen-bond donors (Lipinski definition) is 1. The molecule has 0 saturated carbocycles. The minimum Gasteiger partial charge on any atom is -0.598 e. The summed E-state index contributed by atoms with van der Waals surface area (Å²) in [4.78, 5) is 4.58. The molecule has 1 unspecified atom stereocenters. The second kappa shape index (κ2) is 8.83. The van der Waals surface area contributed by atoms with Gasteiger partial charge < -0.3 is 9.08 Å². The van der Waals surface area contributed by atoms with Crippen molar-refractivity contribution in [2.24, 2.45) is 0 Å². The Hall–Kier alpha value is -2.67. The molecular weight excluding hydrogens is 406 g/mol. The maximum atomic E-state index is 13.1. The van der Waals surface area contributed by atoms with E-state index in [4.69, 9.17) is 4.52 Å². The minimum atomic E-state index is -1.25. The van der Waals surface area contributed by atoms with Crippen LogP contribution in [-0.4, -0.2) is 19.4 Å². The minimum absolute atomic E-state index is 0.208. The molecule has 6 heteroatoms. The number of pyridine rings is 1. The molecule has 0 aliphatic carbocycles. The van der Waals surface area contributed by atoms with Crippen molar-refractivity contribution >= 4 is 22.3 Å². The van der Waals surface area contributed by atoms with Crippen LogP contribution in [0.1, 0.15) is 43.6 Å². The third-order valence-electron chi connectivity index (χ3n) is 5.29. The molecule has 1 N–H and O–H groups in total. The van der Waals surface area contributed by atoms with Gasteiger partial charge in [0, 0.05) is 40.6 Å². The molecule has 2 atom stereocenters. The normalized spacial score (nSPS) is 14.0. The molecule has 0 spiro atoms. The molecule has 0 amide bonds. The Labute approximate surface area is 186 Å². The predicted octanol–water partition coefficient (Wildman–Crippen LogP) is 5.53. The van der Waals surface area contributed by atoms with E-state index in [1.165, 1.54) is 0 Å². The van der Waals surface area contributed by atoms with Crippen LogP contribution in [0.25, 0.3) is 22.2 Å². The van der Waals surface area contributed by atoms with E-state index in [1.807, 2.05) is 69.3 Å². The number of aromatic nitrogens is 2. The molecule has 2 aromatic carbocycles. The molecule has 0 bridgehead atoms. The summed E-state index contributed by atoms with van der Waals surface area (Å²) in [5, 5.41) is 5.32. The number of nitrogens with zero attached hydrogens (tertiary/aromatic N) is 2. The number of para-hydroxylation sites is 1. The fourth-order valence-electron chi connectivity index (χ4n) is 3.54. The third kappa shape index (κ3) is 4.66. The van der Waals surface area contributed by atoms with Crippen LogP contribution in [0.2, 0.25) is 0 Å². The maximum Gasteiger partial charge on any atom is 0.167 e. The first-order valence-corrected chi connectivity index (χ1v) is 11.5. The predicted molar refractivity (Wildman–Crippen MR) is 126 cm³/mol. The average Bonchev–Trinajstić information content (AvgIpc) is 3.18. The zero-order chi connectivity index (χ0) is 22.0. The van der Waals surface area contributed by atoms with Gasteiger partial charge in [0.25, 0.3) is 0 Å². The van der Waals surface area contributed by atoms with Gasteiger partial charge in [0.2, 0.25) is 0 Å². The van der Waals surface area contributed by atoms with Crippen molar-refractivity contribution in [2.45, 2.75) is 44.9 Å². The SMILES string of the molecule is Cc1cccnc1CC(N[S@@+]([O-])C(C)(C)C)c1ccccc1-c1noc2ccccc12. The molecule has 4 rings (SSSR count). The van der Waals surface area contributed by atoms with E-state index in [0.29, 0.717) is 6.42 Å². The van der Waals surface area contributed by atoms with E-state index in [1.54, 1.807) is 6.20 Å². The molecule has 0 aliphatic heterocycles. The summed E-state index contributed by atoms with van der Waals surface area (Å²) in [6.07, 6.45) is 2.42. The van der Waals surface area contributed by atoms with Crippen LogP contribution in [0.15, 0.2) is 71.4 Å². The number of fused-ring (bicyclic) bond motifs is 1. The highest BCUT2D eigenvalue weighted by Crippen LogP contribution is 2.35. The van der Waals surface area contributed by atoms with E-state index in [-0.39, 0.29) is 6.04 Å². The number of benzene rings is 2. The van der Waals surface area contributed by atoms with Crippen molar-refractivity contribution in [3.8, 4) is 11.3 Å². The molecule has 31 heavy (non-hydrogen) atoms. The van der Waals surface area contributed by atoms with Gasteiger partial charge in [-0.2, -0.15) is 0 Å². The molecule has 4 aromatic rings. The molecule has 5 nitrogen and oxygen atoms in total. The Morgan fingerprint density at radius 1 is 1.03 bits per heavy atom. The van der Waals surface area contributed by atoms with Crippen molar-refractivity contribution in [3.63, 3.8) is 0 Å². The molecule has 0 fully saturated rings. The van der Waals surface area contributed by atoms with Gasteiger partial charge in [-0.05, 0) is 57.0 Å². The highest BCUT2D eigenvalue weighted by Gasteiger charge is 2.31. The van der Waals surface area contributed by atoms with Crippen LogP contribution in [0.3, 0.4) is 0 Å².